The quantitative estimate of drug-likeness (QED) is 0.813. The van der Waals surface area contributed by atoms with Crippen LogP contribution < -0.4 is 5.32 Å². The van der Waals surface area contributed by atoms with Crippen molar-refractivity contribution >= 4 is 0 Å². The first-order valence-electron chi connectivity index (χ1n) is 5.78. The number of aryl methyl sites for hydroxylation is 1. The van der Waals surface area contributed by atoms with Gasteiger partial charge in [-0.2, -0.15) is 0 Å². The van der Waals surface area contributed by atoms with Gasteiger partial charge in [-0.3, -0.25) is 0 Å². The van der Waals surface area contributed by atoms with Gasteiger partial charge in [0.25, 0.3) is 0 Å². The molecule has 1 aliphatic carbocycles. The molecule has 0 radical (unpaired) electrons. The molecule has 2 rings (SSSR count). The molecule has 1 saturated carbocycles. The van der Waals surface area contributed by atoms with Gasteiger partial charge in [-0.25, -0.2) is 0 Å². The van der Waals surface area contributed by atoms with Crippen LogP contribution in [0.2, 0.25) is 0 Å². The number of nitrogens with one attached hydrogen (secondary N) is 1. The number of rotatable bonds is 3. The van der Waals surface area contributed by atoms with E-state index >= 15 is 0 Å². The minimum absolute atomic E-state index is 0.263. The predicted molar refractivity (Wildman–Crippen MR) is 59.6 cm³/mol. The van der Waals surface area contributed by atoms with Crippen LogP contribution in [0.3, 0.4) is 0 Å². The Kier molecular flexibility index (Phi) is 3.05. The molecule has 1 fully saturated rings. The first-order chi connectivity index (χ1) is 7.26. The van der Waals surface area contributed by atoms with Crippen LogP contribution in [0.5, 0.6) is 0 Å². The topological polar surface area (TPSA) is 42.7 Å². The molecule has 1 aromatic rings. The average molecular weight is 208 g/mol. The predicted octanol–water partition coefficient (Wildman–Crippen LogP) is 1.28. The fraction of sp³-hybridized carbons (Fsp3) is 0.818. The lowest BCUT2D eigenvalue weighted by Gasteiger charge is -2.36. The minimum Gasteiger partial charge on any atom is -0.321 e. The fourth-order valence-electron chi connectivity index (χ4n) is 2.51. The Balaban J connectivity index is 2.10. The summed E-state index contributed by atoms with van der Waals surface area (Å²) in [4.78, 5) is 0. The van der Waals surface area contributed by atoms with E-state index in [0.29, 0.717) is 0 Å². The summed E-state index contributed by atoms with van der Waals surface area (Å²) < 4.78 is 2.02. The summed E-state index contributed by atoms with van der Waals surface area (Å²) in [6.45, 7) is 0. The molecular formula is C11H20N4. The smallest absolute Gasteiger partial charge is 0.134 e. The van der Waals surface area contributed by atoms with Gasteiger partial charge in [0, 0.05) is 19.0 Å². The molecule has 0 unspecified atom stereocenters. The molecule has 4 heteroatoms. The lowest BCUT2D eigenvalue weighted by atomic mass is 9.79. The molecule has 1 aliphatic rings. The van der Waals surface area contributed by atoms with E-state index in [2.05, 4.69) is 22.6 Å². The van der Waals surface area contributed by atoms with Gasteiger partial charge in [-0.05, 0) is 19.9 Å². The third-order valence-corrected chi connectivity index (χ3v) is 3.64. The van der Waals surface area contributed by atoms with Gasteiger partial charge in [-0.15, -0.1) is 10.2 Å². The largest absolute Gasteiger partial charge is 0.321 e. The SMILES string of the molecule is CNC1(Cc2nncn2C)CCCCC1. The third kappa shape index (κ3) is 2.20. The Morgan fingerprint density at radius 1 is 1.40 bits per heavy atom. The van der Waals surface area contributed by atoms with Crippen molar-refractivity contribution in [2.24, 2.45) is 7.05 Å². The van der Waals surface area contributed by atoms with E-state index < -0.39 is 0 Å². The lowest BCUT2D eigenvalue weighted by molar-refractivity contribution is 0.239. The fourth-order valence-corrected chi connectivity index (χ4v) is 2.51. The summed E-state index contributed by atoms with van der Waals surface area (Å²) in [6.07, 6.45) is 9.34. The Morgan fingerprint density at radius 2 is 2.13 bits per heavy atom. The van der Waals surface area contributed by atoms with Crippen LogP contribution in [-0.4, -0.2) is 27.4 Å². The molecule has 0 amide bonds. The highest BCUT2D eigenvalue weighted by Gasteiger charge is 2.31. The zero-order valence-electron chi connectivity index (χ0n) is 9.66. The summed E-state index contributed by atoms with van der Waals surface area (Å²) >= 11 is 0. The molecule has 1 N–H and O–H groups in total. The number of likely N-dealkylation sites (N-methyl/N-ethyl adjacent to an activating group) is 1. The Hall–Kier alpha value is -0.900. The Labute approximate surface area is 91.1 Å². The molecule has 84 valence electrons. The normalized spacial score (nSPS) is 20.4. The molecule has 1 aromatic heterocycles. The maximum absolute atomic E-state index is 4.18. The van der Waals surface area contributed by atoms with Crippen LogP contribution in [-0.2, 0) is 13.5 Å². The van der Waals surface area contributed by atoms with Crippen molar-refractivity contribution < 1.29 is 0 Å². The van der Waals surface area contributed by atoms with Crippen LogP contribution in [0.25, 0.3) is 0 Å². The number of aromatic nitrogens is 3. The Morgan fingerprint density at radius 3 is 2.67 bits per heavy atom. The lowest BCUT2D eigenvalue weighted by Crippen LogP contribution is -2.47. The van der Waals surface area contributed by atoms with E-state index in [-0.39, 0.29) is 5.54 Å². The highest BCUT2D eigenvalue weighted by Crippen LogP contribution is 2.30. The molecule has 0 aliphatic heterocycles. The maximum atomic E-state index is 4.18. The van der Waals surface area contributed by atoms with Gasteiger partial charge in [0.15, 0.2) is 0 Å². The number of hydrogen-bond donors (Lipinski definition) is 1. The summed E-state index contributed by atoms with van der Waals surface area (Å²) in [7, 11) is 4.09. The molecule has 0 saturated heterocycles. The molecule has 0 aromatic carbocycles. The first kappa shape index (κ1) is 10.6. The van der Waals surface area contributed by atoms with E-state index in [1.165, 1.54) is 32.1 Å². The number of hydrogen-bond acceptors (Lipinski definition) is 3. The van der Waals surface area contributed by atoms with Gasteiger partial charge in [0.05, 0.1) is 0 Å². The van der Waals surface area contributed by atoms with Crippen molar-refractivity contribution in [2.75, 3.05) is 7.05 Å². The zero-order valence-corrected chi connectivity index (χ0v) is 9.66. The summed E-state index contributed by atoms with van der Waals surface area (Å²) in [5.74, 6) is 1.09. The van der Waals surface area contributed by atoms with Crippen molar-refractivity contribution in [1.29, 1.82) is 0 Å². The maximum Gasteiger partial charge on any atom is 0.134 e. The van der Waals surface area contributed by atoms with E-state index in [9.17, 15) is 0 Å². The summed E-state index contributed by atoms with van der Waals surface area (Å²) in [5, 5.41) is 11.6. The zero-order chi connectivity index (χ0) is 10.7. The monoisotopic (exact) mass is 208 g/mol. The van der Waals surface area contributed by atoms with Crippen LogP contribution in [0.15, 0.2) is 6.33 Å². The second kappa shape index (κ2) is 4.31. The second-order valence-electron chi connectivity index (χ2n) is 4.63. The highest BCUT2D eigenvalue weighted by atomic mass is 15.2. The van der Waals surface area contributed by atoms with Crippen LogP contribution >= 0.6 is 0 Å². The van der Waals surface area contributed by atoms with E-state index in [1.807, 2.05) is 11.6 Å². The van der Waals surface area contributed by atoms with Crippen LogP contribution in [0, 0.1) is 0 Å². The highest BCUT2D eigenvalue weighted by molar-refractivity contribution is 5.00. The summed E-state index contributed by atoms with van der Waals surface area (Å²) in [5.41, 5.74) is 0.263. The van der Waals surface area contributed by atoms with Crippen molar-refractivity contribution in [2.45, 2.75) is 44.1 Å². The summed E-state index contributed by atoms with van der Waals surface area (Å²) in [6, 6.07) is 0. The molecular weight excluding hydrogens is 188 g/mol. The number of nitrogens with zero attached hydrogens (tertiary/aromatic N) is 3. The van der Waals surface area contributed by atoms with Crippen LogP contribution in [0.4, 0.5) is 0 Å². The van der Waals surface area contributed by atoms with Crippen molar-refractivity contribution in [3.05, 3.63) is 12.2 Å². The van der Waals surface area contributed by atoms with E-state index in [1.54, 1.807) is 6.33 Å². The van der Waals surface area contributed by atoms with Crippen molar-refractivity contribution in [1.82, 2.24) is 20.1 Å². The van der Waals surface area contributed by atoms with Crippen LogP contribution in [0.1, 0.15) is 37.9 Å². The standard InChI is InChI=1S/C11H20N4/c1-12-11(6-4-3-5-7-11)8-10-14-13-9-15(10)2/h9,12H,3-8H2,1-2H3. The van der Waals surface area contributed by atoms with Gasteiger partial charge in [-0.1, -0.05) is 19.3 Å². The average Bonchev–Trinajstić information content (AvgIpc) is 2.66. The van der Waals surface area contributed by atoms with E-state index in [0.717, 1.165) is 12.2 Å². The van der Waals surface area contributed by atoms with Gasteiger partial charge in [0.2, 0.25) is 0 Å². The molecule has 0 spiro atoms. The minimum atomic E-state index is 0.263. The van der Waals surface area contributed by atoms with Crippen molar-refractivity contribution in [3.8, 4) is 0 Å². The second-order valence-corrected chi connectivity index (χ2v) is 4.63. The van der Waals surface area contributed by atoms with Gasteiger partial charge < -0.3 is 9.88 Å². The van der Waals surface area contributed by atoms with Gasteiger partial charge >= 0.3 is 0 Å². The molecule has 0 atom stereocenters. The molecule has 0 bridgehead atoms. The Bertz CT molecular complexity index is 312. The van der Waals surface area contributed by atoms with Crippen molar-refractivity contribution in [3.63, 3.8) is 0 Å². The van der Waals surface area contributed by atoms with Gasteiger partial charge in [0.1, 0.15) is 12.2 Å². The molecule has 15 heavy (non-hydrogen) atoms. The third-order valence-electron chi connectivity index (χ3n) is 3.64. The molecule has 4 nitrogen and oxygen atoms in total. The van der Waals surface area contributed by atoms with E-state index in [4.69, 9.17) is 0 Å². The molecule has 1 heterocycles. The first-order valence-corrected chi connectivity index (χ1v) is 5.78.